The number of rotatable bonds is 8. The highest BCUT2D eigenvalue weighted by Crippen LogP contribution is 2.41. The van der Waals surface area contributed by atoms with Gasteiger partial charge in [-0.25, -0.2) is 9.13 Å². The van der Waals surface area contributed by atoms with Gasteiger partial charge in [0.05, 0.1) is 3.58 Å². The van der Waals surface area contributed by atoms with Gasteiger partial charge in [-0.15, -0.1) is 0 Å². The van der Waals surface area contributed by atoms with Crippen LogP contribution in [0.4, 0.5) is 0 Å². The van der Waals surface area contributed by atoms with E-state index in [9.17, 15) is 0 Å². The van der Waals surface area contributed by atoms with E-state index >= 15 is 0 Å². The Morgan fingerprint density at radius 3 is 1.75 bits per heavy atom. The number of halogens is 4. The molecule has 0 bridgehead atoms. The van der Waals surface area contributed by atoms with E-state index in [0.717, 1.165) is 12.8 Å². The van der Waals surface area contributed by atoms with Gasteiger partial charge in [-0.05, 0) is 101 Å². The van der Waals surface area contributed by atoms with Crippen LogP contribution in [0.2, 0.25) is 0 Å². The maximum absolute atomic E-state index is 7.04. The second kappa shape index (κ2) is 13.9. The first-order chi connectivity index (χ1) is 18.1. The van der Waals surface area contributed by atoms with Crippen molar-refractivity contribution in [1.29, 1.82) is 0 Å². The Labute approximate surface area is 299 Å². The molecular weight excluding hydrogens is 955 g/mol. The smallest absolute Gasteiger partial charge is 0.666 e. The van der Waals surface area contributed by atoms with E-state index in [1.54, 1.807) is 0 Å². The molecule has 3 aromatic rings. The Morgan fingerprint density at radius 1 is 0.800 bits per heavy atom. The van der Waals surface area contributed by atoms with E-state index in [4.69, 9.17) is 9.31 Å². The van der Waals surface area contributed by atoms with E-state index in [0.29, 0.717) is 13.2 Å². The molecule has 0 saturated carbocycles. The SMILES string of the molecule is CC1=C(I)C(C)=[N+]2C1=Cc1c(C)c(I)c(C)n1[B-]2(OCCc1cc[n+](C)cc1)OCCc1cc[n+](C)cc1.[I-].[I-]. The van der Waals surface area contributed by atoms with Crippen LogP contribution in [0.1, 0.15) is 41.9 Å². The lowest BCUT2D eigenvalue weighted by molar-refractivity contribution is -0.671. The molecule has 0 unspecified atom stereocenters. The zero-order valence-corrected chi connectivity index (χ0v) is 32.3. The highest BCUT2D eigenvalue weighted by molar-refractivity contribution is 14.1. The van der Waals surface area contributed by atoms with Crippen molar-refractivity contribution in [2.75, 3.05) is 13.2 Å². The standard InChI is InChI=1S/C29H35BI2N4O2.2HI/c1-20-26-19-27-21(2)29(32)23(4)36(27)30(35(26)22(3)28(20)31,37-17-11-24-7-13-33(5)14-8-24)38-18-12-25-9-15-34(6)16-10-25;;/h7-10,13-16,19H,11-12,17-18H2,1-6H3;2*1H/q+2;;/p-2. The van der Waals surface area contributed by atoms with Gasteiger partial charge in [-0.1, -0.05) is 0 Å². The summed E-state index contributed by atoms with van der Waals surface area (Å²) in [5.41, 5.74) is 9.75. The maximum Gasteiger partial charge on any atom is 0.666 e. The van der Waals surface area contributed by atoms with Crippen molar-refractivity contribution < 1.29 is 70.9 Å². The fraction of sp³-hybridized carbons (Fsp3) is 0.345. The van der Waals surface area contributed by atoms with Crippen LogP contribution in [0, 0.1) is 17.4 Å². The molecule has 2 aliphatic rings. The van der Waals surface area contributed by atoms with Gasteiger partial charge in [0.15, 0.2) is 30.5 Å². The molecule has 5 heterocycles. The van der Waals surface area contributed by atoms with Crippen LogP contribution in [0.25, 0.3) is 6.08 Å². The molecular formula is C29H35BI4N4O2. The first kappa shape index (κ1) is 34.1. The van der Waals surface area contributed by atoms with Crippen LogP contribution in [-0.4, -0.2) is 34.7 Å². The predicted octanol–water partition coefficient (Wildman–Crippen LogP) is -1.28. The first-order valence-corrected chi connectivity index (χ1v) is 15.2. The lowest BCUT2D eigenvalue weighted by Gasteiger charge is -2.42. The van der Waals surface area contributed by atoms with Crippen molar-refractivity contribution in [3.8, 4) is 0 Å². The summed E-state index contributed by atoms with van der Waals surface area (Å²) in [6.45, 7) is 7.84. The summed E-state index contributed by atoms with van der Waals surface area (Å²) >= 11 is 4.94. The highest BCUT2D eigenvalue weighted by atomic mass is 127. The molecule has 6 nitrogen and oxygen atoms in total. The van der Waals surface area contributed by atoms with Gasteiger partial charge in [-0.3, -0.25) is 0 Å². The Balaban J connectivity index is 0.00000220. The Morgan fingerprint density at radius 2 is 1.27 bits per heavy atom. The van der Waals surface area contributed by atoms with Crippen molar-refractivity contribution in [2.45, 2.75) is 40.5 Å². The van der Waals surface area contributed by atoms with E-state index in [1.165, 1.54) is 52.2 Å². The molecule has 40 heavy (non-hydrogen) atoms. The number of aromatic nitrogens is 3. The number of aryl methyl sites for hydroxylation is 2. The minimum Gasteiger partial charge on any atom is -1.00 e. The molecule has 0 aromatic carbocycles. The van der Waals surface area contributed by atoms with Gasteiger partial charge in [0, 0.05) is 65.3 Å². The average Bonchev–Trinajstić information content (AvgIpc) is 3.26. The minimum atomic E-state index is -2.05. The van der Waals surface area contributed by atoms with Gasteiger partial charge >= 0.3 is 6.82 Å². The molecule has 0 saturated heterocycles. The Bertz CT molecular complexity index is 1440. The average molecular weight is 990 g/mol. The largest absolute Gasteiger partial charge is 1.00 e. The van der Waals surface area contributed by atoms with E-state index < -0.39 is 6.82 Å². The number of hydrogen-bond acceptors (Lipinski definition) is 2. The molecule has 11 heteroatoms. The molecule has 5 rings (SSSR count). The summed E-state index contributed by atoms with van der Waals surface area (Å²) < 4.78 is 25.4. The molecule has 2 aliphatic heterocycles. The van der Waals surface area contributed by atoms with Crippen LogP contribution in [0.15, 0.2) is 63.9 Å². The van der Waals surface area contributed by atoms with Gasteiger partial charge in [-0.2, -0.15) is 0 Å². The predicted molar refractivity (Wildman–Crippen MR) is 168 cm³/mol. The van der Waals surface area contributed by atoms with Crippen molar-refractivity contribution >= 4 is 63.8 Å². The molecule has 0 amide bonds. The van der Waals surface area contributed by atoms with Gasteiger partial charge in [0.2, 0.25) is 0 Å². The number of allylic oxidation sites excluding steroid dienone is 2. The van der Waals surface area contributed by atoms with Crippen molar-refractivity contribution in [3.05, 3.63) is 95.6 Å². The minimum absolute atomic E-state index is 0. The molecule has 0 fully saturated rings. The van der Waals surface area contributed by atoms with E-state index in [1.807, 2.05) is 14.1 Å². The third-order valence-electron chi connectivity index (χ3n) is 7.78. The molecule has 0 spiro atoms. The number of nitrogens with zero attached hydrogens (tertiary/aromatic N) is 4. The first-order valence-electron chi connectivity index (χ1n) is 13.0. The molecule has 0 radical (unpaired) electrons. The van der Waals surface area contributed by atoms with Crippen LogP contribution < -0.4 is 57.1 Å². The molecule has 0 aliphatic carbocycles. The van der Waals surface area contributed by atoms with Crippen molar-refractivity contribution in [2.24, 2.45) is 14.1 Å². The second-order valence-electron chi connectivity index (χ2n) is 10.3. The van der Waals surface area contributed by atoms with Crippen LogP contribution in [-0.2, 0) is 36.2 Å². The number of pyridine rings is 2. The molecule has 214 valence electrons. The van der Waals surface area contributed by atoms with Crippen LogP contribution in [0.5, 0.6) is 0 Å². The third-order valence-corrected chi connectivity index (χ3v) is 11.0. The lowest BCUT2D eigenvalue weighted by Crippen LogP contribution is -3.00. The highest BCUT2D eigenvalue weighted by Gasteiger charge is 2.55. The zero-order chi connectivity index (χ0) is 27.2. The third kappa shape index (κ3) is 6.29. The maximum atomic E-state index is 7.04. The fourth-order valence-corrected chi connectivity index (χ4v) is 6.62. The normalized spacial score (nSPS) is 15.3. The van der Waals surface area contributed by atoms with Crippen LogP contribution in [0.3, 0.4) is 0 Å². The Kier molecular flexibility index (Phi) is 11.9. The Hall–Kier alpha value is -0.365. The topological polar surface area (TPSA) is 34.2 Å². The number of fused-ring (bicyclic) bond motifs is 2. The van der Waals surface area contributed by atoms with Gasteiger partial charge in [0.1, 0.15) is 19.8 Å². The molecule has 0 N–H and O–H groups in total. The second-order valence-corrected chi connectivity index (χ2v) is 12.5. The summed E-state index contributed by atoms with van der Waals surface area (Å²) in [6, 6.07) is 8.64. The van der Waals surface area contributed by atoms with Crippen molar-refractivity contribution in [1.82, 2.24) is 4.48 Å². The molecule has 3 aromatic heterocycles. The summed E-state index contributed by atoms with van der Waals surface area (Å²) in [4.78, 5) is 0. The van der Waals surface area contributed by atoms with Crippen molar-refractivity contribution in [3.63, 3.8) is 0 Å². The lowest BCUT2D eigenvalue weighted by atomic mass is 9.81. The fourth-order valence-electron chi connectivity index (χ4n) is 5.55. The zero-order valence-electron chi connectivity index (χ0n) is 23.7. The number of hydrogen-bond donors (Lipinski definition) is 0. The summed E-state index contributed by atoms with van der Waals surface area (Å²) in [5.74, 6) is 0. The van der Waals surface area contributed by atoms with E-state index in [-0.39, 0.29) is 48.0 Å². The van der Waals surface area contributed by atoms with Gasteiger partial charge in [0.25, 0.3) is 0 Å². The summed E-state index contributed by atoms with van der Waals surface area (Å²) in [7, 11) is 4.08. The summed E-state index contributed by atoms with van der Waals surface area (Å²) in [5, 5.41) is 0. The molecule has 0 atom stereocenters. The van der Waals surface area contributed by atoms with E-state index in [2.05, 4.69) is 146 Å². The van der Waals surface area contributed by atoms with Gasteiger partial charge < -0.3 is 66.2 Å². The van der Waals surface area contributed by atoms with Crippen LogP contribution >= 0.6 is 45.2 Å². The monoisotopic (exact) mass is 990 g/mol. The summed E-state index contributed by atoms with van der Waals surface area (Å²) in [6.07, 6.45) is 12.3. The quantitative estimate of drug-likeness (QED) is 0.161.